The number of carbonyl (C=O) groups is 1. The summed E-state index contributed by atoms with van der Waals surface area (Å²) in [5, 5.41) is 3.78. The molecule has 5 heteroatoms. The van der Waals surface area contributed by atoms with Crippen molar-refractivity contribution in [3.63, 3.8) is 0 Å². The van der Waals surface area contributed by atoms with Gasteiger partial charge >= 0.3 is 0 Å². The highest BCUT2D eigenvalue weighted by atomic mass is 35.5. The highest BCUT2D eigenvalue weighted by molar-refractivity contribution is 6.30. The minimum atomic E-state index is -0.0363. The van der Waals surface area contributed by atoms with E-state index in [2.05, 4.69) is 22.3 Å². The molecule has 4 nitrogen and oxygen atoms in total. The Hall–Kier alpha value is -1.10. The van der Waals surface area contributed by atoms with Crippen molar-refractivity contribution in [3.8, 4) is 0 Å². The Labute approximate surface area is 125 Å². The second-order valence-corrected chi connectivity index (χ2v) is 5.64. The molecule has 1 fully saturated rings. The lowest BCUT2D eigenvalue weighted by atomic mass is 10.0. The smallest absolute Gasteiger partial charge is 0.246 e. The predicted octanol–water partition coefficient (Wildman–Crippen LogP) is 2.07. The molecular weight excluding hydrogens is 276 g/mol. The third-order valence-electron chi connectivity index (χ3n) is 3.47. The zero-order valence-electron chi connectivity index (χ0n) is 11.8. The summed E-state index contributed by atoms with van der Waals surface area (Å²) in [7, 11) is 1.54. The van der Waals surface area contributed by atoms with Crippen LogP contribution in [-0.4, -0.2) is 43.7 Å². The van der Waals surface area contributed by atoms with Gasteiger partial charge in [0.25, 0.3) is 0 Å². The van der Waals surface area contributed by atoms with Crippen molar-refractivity contribution >= 4 is 17.5 Å². The van der Waals surface area contributed by atoms with Gasteiger partial charge in [-0.1, -0.05) is 23.7 Å². The maximum atomic E-state index is 11.5. The van der Waals surface area contributed by atoms with Crippen LogP contribution in [0.25, 0.3) is 0 Å². The SMILES string of the molecule is COCC(=O)NC1CCCN(Cc2ccc(Cl)cc2)C1. The molecule has 0 radical (unpaired) electrons. The molecular formula is C15H21ClN2O2. The van der Waals surface area contributed by atoms with Crippen LogP contribution >= 0.6 is 11.6 Å². The van der Waals surface area contributed by atoms with E-state index in [1.807, 2.05) is 12.1 Å². The van der Waals surface area contributed by atoms with Crippen molar-refractivity contribution in [3.05, 3.63) is 34.9 Å². The van der Waals surface area contributed by atoms with E-state index in [4.69, 9.17) is 16.3 Å². The van der Waals surface area contributed by atoms with Crippen molar-refractivity contribution in [2.24, 2.45) is 0 Å². The Kier molecular flexibility index (Phi) is 5.83. The van der Waals surface area contributed by atoms with Gasteiger partial charge in [-0.2, -0.15) is 0 Å². The predicted molar refractivity (Wildman–Crippen MR) is 79.8 cm³/mol. The summed E-state index contributed by atoms with van der Waals surface area (Å²) in [4.78, 5) is 13.9. The fraction of sp³-hybridized carbons (Fsp3) is 0.533. The molecule has 1 aliphatic rings. The van der Waals surface area contributed by atoms with Gasteiger partial charge in [0, 0.05) is 31.3 Å². The van der Waals surface area contributed by atoms with E-state index in [1.165, 1.54) is 12.7 Å². The highest BCUT2D eigenvalue weighted by Crippen LogP contribution is 2.15. The molecule has 1 aromatic rings. The fourth-order valence-corrected chi connectivity index (χ4v) is 2.69. The molecule has 1 aromatic carbocycles. The number of rotatable bonds is 5. The number of hydrogen-bond acceptors (Lipinski definition) is 3. The van der Waals surface area contributed by atoms with Gasteiger partial charge < -0.3 is 10.1 Å². The molecule has 0 aromatic heterocycles. The summed E-state index contributed by atoms with van der Waals surface area (Å²) in [6.45, 7) is 2.98. The molecule has 1 N–H and O–H groups in total. The first-order valence-electron chi connectivity index (χ1n) is 6.92. The summed E-state index contributed by atoms with van der Waals surface area (Å²) >= 11 is 5.89. The molecule has 1 atom stereocenters. The molecule has 1 saturated heterocycles. The highest BCUT2D eigenvalue weighted by Gasteiger charge is 2.21. The van der Waals surface area contributed by atoms with Crippen LogP contribution < -0.4 is 5.32 Å². The number of nitrogens with one attached hydrogen (secondary N) is 1. The van der Waals surface area contributed by atoms with Crippen LogP contribution in [0.2, 0.25) is 5.02 Å². The quantitative estimate of drug-likeness (QED) is 0.904. The second kappa shape index (κ2) is 7.62. The van der Waals surface area contributed by atoms with Crippen LogP contribution in [0.1, 0.15) is 18.4 Å². The zero-order valence-corrected chi connectivity index (χ0v) is 12.5. The summed E-state index contributed by atoms with van der Waals surface area (Å²) in [5.74, 6) is -0.0363. The number of ether oxygens (including phenoxy) is 1. The average molecular weight is 297 g/mol. The van der Waals surface area contributed by atoms with E-state index in [-0.39, 0.29) is 18.6 Å². The Morgan fingerprint density at radius 1 is 1.45 bits per heavy atom. The van der Waals surface area contributed by atoms with Gasteiger partial charge in [-0.15, -0.1) is 0 Å². The first-order valence-corrected chi connectivity index (χ1v) is 7.30. The molecule has 2 rings (SSSR count). The van der Waals surface area contributed by atoms with Gasteiger partial charge in [-0.25, -0.2) is 0 Å². The Morgan fingerprint density at radius 2 is 2.20 bits per heavy atom. The number of likely N-dealkylation sites (tertiary alicyclic amines) is 1. The number of carbonyl (C=O) groups excluding carboxylic acids is 1. The lowest BCUT2D eigenvalue weighted by Gasteiger charge is -2.33. The maximum absolute atomic E-state index is 11.5. The molecule has 0 saturated carbocycles. The van der Waals surface area contributed by atoms with Crippen molar-refractivity contribution in [2.45, 2.75) is 25.4 Å². The van der Waals surface area contributed by atoms with Gasteiger partial charge in [0.2, 0.25) is 5.91 Å². The van der Waals surface area contributed by atoms with E-state index < -0.39 is 0 Å². The zero-order chi connectivity index (χ0) is 14.4. The van der Waals surface area contributed by atoms with Gasteiger partial charge in [0.15, 0.2) is 0 Å². The van der Waals surface area contributed by atoms with E-state index in [0.717, 1.165) is 37.5 Å². The molecule has 20 heavy (non-hydrogen) atoms. The normalized spacial score (nSPS) is 19.8. The first kappa shape index (κ1) is 15.3. The first-order chi connectivity index (χ1) is 9.67. The van der Waals surface area contributed by atoms with E-state index >= 15 is 0 Å². The third-order valence-corrected chi connectivity index (χ3v) is 3.72. The van der Waals surface area contributed by atoms with Crippen LogP contribution in [0, 0.1) is 0 Å². The topological polar surface area (TPSA) is 41.6 Å². The fourth-order valence-electron chi connectivity index (χ4n) is 2.57. The Bertz CT molecular complexity index is 436. The van der Waals surface area contributed by atoms with Crippen molar-refractivity contribution in [2.75, 3.05) is 26.8 Å². The lowest BCUT2D eigenvalue weighted by Crippen LogP contribution is -2.48. The third kappa shape index (κ3) is 4.78. The summed E-state index contributed by atoms with van der Waals surface area (Å²) in [6, 6.07) is 8.15. The van der Waals surface area contributed by atoms with E-state index in [0.29, 0.717) is 0 Å². The molecule has 1 heterocycles. The monoisotopic (exact) mass is 296 g/mol. The van der Waals surface area contributed by atoms with Crippen molar-refractivity contribution < 1.29 is 9.53 Å². The second-order valence-electron chi connectivity index (χ2n) is 5.20. The lowest BCUT2D eigenvalue weighted by molar-refractivity contribution is -0.125. The molecule has 0 spiro atoms. The number of nitrogens with zero attached hydrogens (tertiary/aromatic N) is 1. The van der Waals surface area contributed by atoms with Crippen LogP contribution in [-0.2, 0) is 16.1 Å². The number of benzene rings is 1. The Balaban J connectivity index is 1.83. The molecule has 0 aliphatic carbocycles. The van der Waals surface area contributed by atoms with E-state index in [9.17, 15) is 4.79 Å². The summed E-state index contributed by atoms with van der Waals surface area (Å²) < 4.78 is 4.84. The van der Waals surface area contributed by atoms with Crippen molar-refractivity contribution in [1.29, 1.82) is 0 Å². The number of halogens is 1. The van der Waals surface area contributed by atoms with Gasteiger partial charge in [0.05, 0.1) is 0 Å². The molecule has 110 valence electrons. The van der Waals surface area contributed by atoms with Gasteiger partial charge in [0.1, 0.15) is 6.61 Å². The largest absolute Gasteiger partial charge is 0.375 e. The van der Waals surface area contributed by atoms with Crippen LogP contribution in [0.3, 0.4) is 0 Å². The average Bonchev–Trinajstić information content (AvgIpc) is 2.42. The molecule has 1 amide bonds. The number of piperidine rings is 1. The minimum Gasteiger partial charge on any atom is -0.375 e. The molecule has 1 unspecified atom stereocenters. The molecule has 1 aliphatic heterocycles. The Morgan fingerprint density at radius 3 is 2.90 bits per heavy atom. The van der Waals surface area contributed by atoms with Crippen LogP contribution in [0.5, 0.6) is 0 Å². The molecule has 0 bridgehead atoms. The number of hydrogen-bond donors (Lipinski definition) is 1. The van der Waals surface area contributed by atoms with Gasteiger partial charge in [-0.3, -0.25) is 9.69 Å². The van der Waals surface area contributed by atoms with Crippen molar-refractivity contribution in [1.82, 2.24) is 10.2 Å². The minimum absolute atomic E-state index is 0.0363. The standard InChI is InChI=1S/C15H21ClN2O2/c1-20-11-15(19)17-14-3-2-8-18(10-14)9-12-4-6-13(16)7-5-12/h4-7,14H,2-3,8-11H2,1H3,(H,17,19). The number of methoxy groups -OCH3 is 1. The van der Waals surface area contributed by atoms with E-state index in [1.54, 1.807) is 0 Å². The van der Waals surface area contributed by atoms with Crippen LogP contribution in [0.15, 0.2) is 24.3 Å². The van der Waals surface area contributed by atoms with Crippen LogP contribution in [0.4, 0.5) is 0 Å². The maximum Gasteiger partial charge on any atom is 0.246 e. The van der Waals surface area contributed by atoms with Gasteiger partial charge in [-0.05, 0) is 37.1 Å². The summed E-state index contributed by atoms with van der Waals surface area (Å²) in [6.07, 6.45) is 2.14. The summed E-state index contributed by atoms with van der Waals surface area (Å²) in [5.41, 5.74) is 1.25. The number of amides is 1.